The standard InChI is InChI=1S/C21H15N3O/c25-21-17-9-5-4-8-15(17)13-24(21)16-10-11-18-19(12-16)23-20(22-18)14-6-2-1-3-7-14/h1-12H,13H2,(H,22,23). The number of aromatic nitrogens is 2. The van der Waals surface area contributed by atoms with Crippen molar-refractivity contribution < 1.29 is 4.79 Å². The molecular formula is C21H15N3O. The zero-order valence-corrected chi connectivity index (χ0v) is 13.4. The van der Waals surface area contributed by atoms with Crippen molar-refractivity contribution in [2.75, 3.05) is 4.90 Å². The van der Waals surface area contributed by atoms with Gasteiger partial charge in [0.25, 0.3) is 5.91 Å². The van der Waals surface area contributed by atoms with Crippen LogP contribution in [0.25, 0.3) is 22.4 Å². The first-order valence-corrected chi connectivity index (χ1v) is 8.24. The number of imidazole rings is 1. The zero-order valence-electron chi connectivity index (χ0n) is 13.4. The van der Waals surface area contributed by atoms with Crippen molar-refractivity contribution in [1.29, 1.82) is 0 Å². The summed E-state index contributed by atoms with van der Waals surface area (Å²) < 4.78 is 0. The Morgan fingerprint density at radius 1 is 0.920 bits per heavy atom. The van der Waals surface area contributed by atoms with E-state index < -0.39 is 0 Å². The molecule has 0 radical (unpaired) electrons. The van der Waals surface area contributed by atoms with Gasteiger partial charge in [-0.25, -0.2) is 4.98 Å². The van der Waals surface area contributed by atoms with Crippen molar-refractivity contribution in [3.8, 4) is 11.4 Å². The lowest BCUT2D eigenvalue weighted by atomic mass is 10.1. The van der Waals surface area contributed by atoms with E-state index in [9.17, 15) is 4.79 Å². The number of fused-ring (bicyclic) bond motifs is 2. The highest BCUT2D eigenvalue weighted by Crippen LogP contribution is 2.30. The van der Waals surface area contributed by atoms with E-state index in [0.717, 1.165) is 39.2 Å². The first kappa shape index (κ1) is 14.0. The maximum Gasteiger partial charge on any atom is 0.258 e. The molecule has 3 aromatic carbocycles. The third kappa shape index (κ3) is 2.22. The van der Waals surface area contributed by atoms with E-state index in [-0.39, 0.29) is 5.91 Å². The van der Waals surface area contributed by atoms with E-state index in [2.05, 4.69) is 9.97 Å². The third-order valence-electron chi connectivity index (χ3n) is 4.65. The van der Waals surface area contributed by atoms with Gasteiger partial charge in [-0.3, -0.25) is 4.79 Å². The average molecular weight is 325 g/mol. The fourth-order valence-electron chi connectivity index (χ4n) is 3.36. The molecule has 1 aliphatic rings. The zero-order chi connectivity index (χ0) is 16.8. The van der Waals surface area contributed by atoms with Gasteiger partial charge in [-0.05, 0) is 29.8 Å². The third-order valence-corrected chi connectivity index (χ3v) is 4.65. The number of nitrogens with zero attached hydrogens (tertiary/aromatic N) is 2. The van der Waals surface area contributed by atoms with E-state index in [1.54, 1.807) is 0 Å². The monoisotopic (exact) mass is 325 g/mol. The molecule has 1 aliphatic heterocycles. The lowest BCUT2D eigenvalue weighted by molar-refractivity contribution is 0.0996. The van der Waals surface area contributed by atoms with Crippen molar-refractivity contribution in [2.24, 2.45) is 0 Å². The van der Waals surface area contributed by atoms with Gasteiger partial charge in [0, 0.05) is 16.8 Å². The van der Waals surface area contributed by atoms with Crippen LogP contribution in [-0.2, 0) is 6.54 Å². The minimum atomic E-state index is 0.0535. The van der Waals surface area contributed by atoms with E-state index in [1.165, 1.54) is 0 Å². The number of hydrogen-bond acceptors (Lipinski definition) is 2. The highest BCUT2D eigenvalue weighted by atomic mass is 16.2. The van der Waals surface area contributed by atoms with Crippen LogP contribution in [0.3, 0.4) is 0 Å². The highest BCUT2D eigenvalue weighted by Gasteiger charge is 2.28. The second kappa shape index (κ2) is 5.31. The Morgan fingerprint density at radius 3 is 2.56 bits per heavy atom. The molecule has 1 amide bonds. The number of benzene rings is 3. The molecule has 0 saturated heterocycles. The highest BCUT2D eigenvalue weighted by molar-refractivity contribution is 6.10. The SMILES string of the molecule is O=C1c2ccccc2CN1c1ccc2nc(-c3ccccc3)[nH]c2c1. The summed E-state index contributed by atoms with van der Waals surface area (Å²) in [7, 11) is 0. The van der Waals surface area contributed by atoms with Crippen molar-refractivity contribution >= 4 is 22.6 Å². The van der Waals surface area contributed by atoms with Gasteiger partial charge < -0.3 is 9.88 Å². The number of aromatic amines is 1. The second-order valence-electron chi connectivity index (χ2n) is 6.20. The summed E-state index contributed by atoms with van der Waals surface area (Å²) in [6.07, 6.45) is 0. The molecule has 0 bridgehead atoms. The maximum atomic E-state index is 12.7. The van der Waals surface area contributed by atoms with Gasteiger partial charge >= 0.3 is 0 Å². The number of nitrogens with one attached hydrogen (secondary N) is 1. The molecule has 25 heavy (non-hydrogen) atoms. The van der Waals surface area contributed by atoms with E-state index in [0.29, 0.717) is 6.54 Å². The predicted molar refractivity (Wildman–Crippen MR) is 98.5 cm³/mol. The largest absolute Gasteiger partial charge is 0.338 e. The van der Waals surface area contributed by atoms with Crippen LogP contribution in [-0.4, -0.2) is 15.9 Å². The Labute approximate surface area is 144 Å². The van der Waals surface area contributed by atoms with Crippen molar-refractivity contribution in [3.05, 3.63) is 83.9 Å². The van der Waals surface area contributed by atoms with Gasteiger partial charge in [-0.1, -0.05) is 48.5 Å². The molecule has 5 rings (SSSR count). The van der Waals surface area contributed by atoms with Crippen LogP contribution in [0.2, 0.25) is 0 Å². The van der Waals surface area contributed by atoms with Crippen LogP contribution in [0.1, 0.15) is 15.9 Å². The van der Waals surface area contributed by atoms with E-state index >= 15 is 0 Å². The van der Waals surface area contributed by atoms with Crippen LogP contribution in [0.5, 0.6) is 0 Å². The maximum absolute atomic E-state index is 12.7. The number of anilines is 1. The van der Waals surface area contributed by atoms with Crippen LogP contribution in [0.4, 0.5) is 5.69 Å². The molecule has 4 nitrogen and oxygen atoms in total. The molecule has 0 saturated carbocycles. The molecule has 2 heterocycles. The summed E-state index contributed by atoms with van der Waals surface area (Å²) in [5, 5.41) is 0. The molecule has 0 fully saturated rings. The molecule has 0 spiro atoms. The first-order valence-electron chi connectivity index (χ1n) is 8.24. The number of carbonyl (C=O) groups is 1. The van der Waals surface area contributed by atoms with Gasteiger partial charge in [0.05, 0.1) is 17.6 Å². The summed E-state index contributed by atoms with van der Waals surface area (Å²) in [6, 6.07) is 23.7. The van der Waals surface area contributed by atoms with Crippen LogP contribution in [0.15, 0.2) is 72.8 Å². The Kier molecular flexibility index (Phi) is 2.97. The molecule has 1 aromatic heterocycles. The van der Waals surface area contributed by atoms with Crippen molar-refractivity contribution in [1.82, 2.24) is 9.97 Å². The Balaban J connectivity index is 1.55. The molecule has 0 unspecified atom stereocenters. The van der Waals surface area contributed by atoms with E-state index in [1.807, 2.05) is 77.7 Å². The Bertz CT molecular complexity index is 1100. The molecule has 1 N–H and O–H groups in total. The average Bonchev–Trinajstić information content (AvgIpc) is 3.23. The number of hydrogen-bond donors (Lipinski definition) is 1. The molecular weight excluding hydrogens is 310 g/mol. The fraction of sp³-hybridized carbons (Fsp3) is 0.0476. The van der Waals surface area contributed by atoms with Crippen molar-refractivity contribution in [2.45, 2.75) is 6.54 Å². The lowest BCUT2D eigenvalue weighted by Crippen LogP contribution is -2.22. The topological polar surface area (TPSA) is 49.0 Å². The first-order chi connectivity index (χ1) is 12.3. The summed E-state index contributed by atoms with van der Waals surface area (Å²) in [4.78, 5) is 22.5. The van der Waals surface area contributed by atoms with Gasteiger partial charge in [0.15, 0.2) is 0 Å². The van der Waals surface area contributed by atoms with Crippen LogP contribution < -0.4 is 4.90 Å². The number of carbonyl (C=O) groups excluding carboxylic acids is 1. The summed E-state index contributed by atoms with van der Waals surface area (Å²) in [5.41, 5.74) is 5.62. The minimum absolute atomic E-state index is 0.0535. The van der Waals surface area contributed by atoms with Crippen LogP contribution >= 0.6 is 0 Å². The fourth-order valence-corrected chi connectivity index (χ4v) is 3.36. The van der Waals surface area contributed by atoms with Gasteiger partial charge in [0.1, 0.15) is 5.82 Å². The summed E-state index contributed by atoms with van der Waals surface area (Å²) in [5.74, 6) is 0.890. The van der Waals surface area contributed by atoms with Crippen molar-refractivity contribution in [3.63, 3.8) is 0 Å². The number of H-pyrrole nitrogens is 1. The Hall–Kier alpha value is -3.40. The molecule has 0 atom stereocenters. The quantitative estimate of drug-likeness (QED) is 0.594. The summed E-state index contributed by atoms with van der Waals surface area (Å²) in [6.45, 7) is 0.611. The number of rotatable bonds is 2. The Morgan fingerprint density at radius 2 is 1.72 bits per heavy atom. The van der Waals surface area contributed by atoms with Gasteiger partial charge in [0.2, 0.25) is 0 Å². The van der Waals surface area contributed by atoms with Crippen LogP contribution in [0, 0.1) is 0 Å². The molecule has 4 aromatic rings. The second-order valence-corrected chi connectivity index (χ2v) is 6.20. The smallest absolute Gasteiger partial charge is 0.258 e. The molecule has 0 aliphatic carbocycles. The number of amides is 1. The van der Waals surface area contributed by atoms with Gasteiger partial charge in [-0.15, -0.1) is 0 Å². The summed E-state index contributed by atoms with van der Waals surface area (Å²) >= 11 is 0. The predicted octanol–water partition coefficient (Wildman–Crippen LogP) is 4.39. The van der Waals surface area contributed by atoms with Gasteiger partial charge in [-0.2, -0.15) is 0 Å². The minimum Gasteiger partial charge on any atom is -0.338 e. The molecule has 4 heteroatoms. The lowest BCUT2D eigenvalue weighted by Gasteiger charge is -2.15. The van der Waals surface area contributed by atoms with E-state index in [4.69, 9.17) is 0 Å². The molecule has 120 valence electrons. The normalized spacial score (nSPS) is 13.4.